The molecule has 144 valence electrons. The van der Waals surface area contributed by atoms with Gasteiger partial charge in [0.15, 0.2) is 0 Å². The SMILES string of the molecule is O=C(NC1CCCCC1)c1cccc(S(=O)(=O)NCc2ccc(F)cc2)c1. The van der Waals surface area contributed by atoms with E-state index >= 15 is 0 Å². The van der Waals surface area contributed by atoms with Gasteiger partial charge in [-0.3, -0.25) is 4.79 Å². The van der Waals surface area contributed by atoms with Crippen molar-refractivity contribution in [3.8, 4) is 0 Å². The molecule has 2 N–H and O–H groups in total. The second-order valence-corrected chi connectivity index (χ2v) is 8.55. The van der Waals surface area contributed by atoms with E-state index in [-0.39, 0.29) is 29.2 Å². The number of hydrogen-bond donors (Lipinski definition) is 2. The molecule has 0 spiro atoms. The predicted octanol–water partition coefficient (Wildman–Crippen LogP) is 3.37. The molecule has 2 aromatic rings. The van der Waals surface area contributed by atoms with Crippen LogP contribution < -0.4 is 10.0 Å². The monoisotopic (exact) mass is 390 g/mol. The number of benzene rings is 2. The molecule has 1 aliphatic rings. The van der Waals surface area contributed by atoms with Crippen LogP contribution in [-0.2, 0) is 16.6 Å². The lowest BCUT2D eigenvalue weighted by molar-refractivity contribution is 0.0927. The van der Waals surface area contributed by atoms with Gasteiger partial charge in [0.2, 0.25) is 10.0 Å². The largest absolute Gasteiger partial charge is 0.349 e. The Kier molecular flexibility index (Phi) is 6.23. The van der Waals surface area contributed by atoms with Crippen LogP contribution in [0.2, 0.25) is 0 Å². The summed E-state index contributed by atoms with van der Waals surface area (Å²) in [6, 6.07) is 11.7. The van der Waals surface area contributed by atoms with E-state index in [1.807, 2.05) is 0 Å². The number of carbonyl (C=O) groups is 1. The summed E-state index contributed by atoms with van der Waals surface area (Å²) in [6.07, 6.45) is 5.32. The number of nitrogens with one attached hydrogen (secondary N) is 2. The highest BCUT2D eigenvalue weighted by atomic mass is 32.2. The summed E-state index contributed by atoms with van der Waals surface area (Å²) in [5.74, 6) is -0.629. The number of amides is 1. The molecule has 0 heterocycles. The Balaban J connectivity index is 1.67. The molecule has 1 aliphatic carbocycles. The molecule has 1 saturated carbocycles. The predicted molar refractivity (Wildman–Crippen MR) is 101 cm³/mol. The van der Waals surface area contributed by atoms with Crippen molar-refractivity contribution < 1.29 is 17.6 Å². The van der Waals surface area contributed by atoms with Gasteiger partial charge in [0, 0.05) is 18.2 Å². The van der Waals surface area contributed by atoms with Crippen molar-refractivity contribution in [1.82, 2.24) is 10.0 Å². The number of hydrogen-bond acceptors (Lipinski definition) is 3. The zero-order chi connectivity index (χ0) is 19.3. The molecule has 0 atom stereocenters. The summed E-state index contributed by atoms with van der Waals surface area (Å²) in [5, 5.41) is 2.99. The first-order valence-electron chi connectivity index (χ1n) is 9.09. The summed E-state index contributed by atoms with van der Waals surface area (Å²) in [4.78, 5) is 12.5. The molecule has 1 fully saturated rings. The van der Waals surface area contributed by atoms with Gasteiger partial charge in [-0.05, 0) is 48.7 Å². The minimum Gasteiger partial charge on any atom is -0.349 e. The highest BCUT2D eigenvalue weighted by Gasteiger charge is 2.19. The van der Waals surface area contributed by atoms with Crippen LogP contribution in [0.15, 0.2) is 53.4 Å². The lowest BCUT2D eigenvalue weighted by Crippen LogP contribution is -2.36. The van der Waals surface area contributed by atoms with Gasteiger partial charge in [-0.2, -0.15) is 0 Å². The van der Waals surface area contributed by atoms with E-state index in [0.29, 0.717) is 11.1 Å². The molecule has 3 rings (SSSR count). The van der Waals surface area contributed by atoms with Gasteiger partial charge >= 0.3 is 0 Å². The normalized spacial score (nSPS) is 15.4. The molecule has 1 amide bonds. The van der Waals surface area contributed by atoms with Gasteiger partial charge < -0.3 is 5.32 Å². The molecule has 7 heteroatoms. The third-order valence-corrected chi connectivity index (χ3v) is 6.13. The van der Waals surface area contributed by atoms with Crippen LogP contribution in [0.1, 0.15) is 48.0 Å². The maximum Gasteiger partial charge on any atom is 0.251 e. The van der Waals surface area contributed by atoms with Crippen LogP contribution in [0.3, 0.4) is 0 Å². The minimum absolute atomic E-state index is 0.0286. The third-order valence-electron chi connectivity index (χ3n) is 4.73. The fourth-order valence-electron chi connectivity index (χ4n) is 3.18. The Morgan fingerprint density at radius 3 is 2.44 bits per heavy atom. The van der Waals surface area contributed by atoms with Gasteiger partial charge in [0.05, 0.1) is 4.90 Å². The lowest BCUT2D eigenvalue weighted by Gasteiger charge is -2.22. The van der Waals surface area contributed by atoms with E-state index < -0.39 is 10.0 Å². The Bertz CT molecular complexity index is 892. The highest BCUT2D eigenvalue weighted by Crippen LogP contribution is 2.18. The lowest BCUT2D eigenvalue weighted by atomic mass is 9.95. The molecular weight excluding hydrogens is 367 g/mol. The molecule has 27 heavy (non-hydrogen) atoms. The second-order valence-electron chi connectivity index (χ2n) is 6.79. The van der Waals surface area contributed by atoms with Gasteiger partial charge in [-0.1, -0.05) is 37.5 Å². The average Bonchev–Trinajstić information content (AvgIpc) is 2.68. The minimum atomic E-state index is -3.78. The average molecular weight is 390 g/mol. The maximum atomic E-state index is 12.9. The van der Waals surface area contributed by atoms with Crippen LogP contribution >= 0.6 is 0 Å². The second kappa shape index (κ2) is 8.63. The molecule has 5 nitrogen and oxygen atoms in total. The zero-order valence-electron chi connectivity index (χ0n) is 14.9. The molecule has 0 aliphatic heterocycles. The van der Waals surface area contributed by atoms with E-state index in [0.717, 1.165) is 25.7 Å². The third kappa shape index (κ3) is 5.37. The van der Waals surface area contributed by atoms with E-state index in [1.54, 1.807) is 12.1 Å². The fraction of sp³-hybridized carbons (Fsp3) is 0.350. The number of rotatable bonds is 6. The molecular formula is C20H23FN2O3S. The van der Waals surface area contributed by atoms with E-state index in [4.69, 9.17) is 0 Å². The molecule has 2 aromatic carbocycles. The van der Waals surface area contributed by atoms with Gasteiger partial charge in [0.25, 0.3) is 5.91 Å². The molecule has 0 aromatic heterocycles. The Morgan fingerprint density at radius 2 is 1.74 bits per heavy atom. The van der Waals surface area contributed by atoms with Gasteiger partial charge in [0.1, 0.15) is 5.82 Å². The first kappa shape index (κ1) is 19.5. The summed E-state index contributed by atoms with van der Waals surface area (Å²) in [5.41, 5.74) is 0.969. The maximum absolute atomic E-state index is 12.9. The van der Waals surface area contributed by atoms with Crippen molar-refractivity contribution in [3.63, 3.8) is 0 Å². The first-order chi connectivity index (χ1) is 12.9. The molecule has 0 saturated heterocycles. The standard InChI is InChI=1S/C20H23FN2O3S/c21-17-11-9-15(10-12-17)14-22-27(25,26)19-8-4-5-16(13-19)20(24)23-18-6-2-1-3-7-18/h4-5,8-13,18,22H,1-3,6-7,14H2,(H,23,24). The Hall–Kier alpha value is -2.25. The van der Waals surface area contributed by atoms with Gasteiger partial charge in [-0.15, -0.1) is 0 Å². The van der Waals surface area contributed by atoms with Crippen molar-refractivity contribution >= 4 is 15.9 Å². The van der Waals surface area contributed by atoms with Crippen molar-refractivity contribution in [2.45, 2.75) is 49.6 Å². The summed E-state index contributed by atoms with van der Waals surface area (Å²) in [6.45, 7) is 0.0428. The Labute approximate surface area is 159 Å². The van der Waals surface area contributed by atoms with Crippen LogP contribution in [0, 0.1) is 5.82 Å². The Morgan fingerprint density at radius 1 is 1.04 bits per heavy atom. The summed E-state index contributed by atoms with van der Waals surface area (Å²) in [7, 11) is -3.78. The van der Waals surface area contributed by atoms with Crippen LogP contribution in [0.25, 0.3) is 0 Å². The van der Waals surface area contributed by atoms with E-state index in [9.17, 15) is 17.6 Å². The van der Waals surface area contributed by atoms with Crippen molar-refractivity contribution in [2.75, 3.05) is 0 Å². The van der Waals surface area contributed by atoms with Crippen LogP contribution in [0.5, 0.6) is 0 Å². The zero-order valence-corrected chi connectivity index (χ0v) is 15.8. The van der Waals surface area contributed by atoms with Crippen LogP contribution in [-0.4, -0.2) is 20.4 Å². The molecule has 0 unspecified atom stereocenters. The van der Waals surface area contributed by atoms with Crippen molar-refractivity contribution in [1.29, 1.82) is 0 Å². The number of halogens is 1. The van der Waals surface area contributed by atoms with Crippen molar-refractivity contribution in [3.05, 3.63) is 65.5 Å². The first-order valence-corrected chi connectivity index (χ1v) is 10.6. The van der Waals surface area contributed by atoms with Crippen molar-refractivity contribution in [2.24, 2.45) is 0 Å². The highest BCUT2D eigenvalue weighted by molar-refractivity contribution is 7.89. The summed E-state index contributed by atoms with van der Waals surface area (Å²) < 4.78 is 40.5. The molecule has 0 bridgehead atoms. The smallest absolute Gasteiger partial charge is 0.251 e. The summed E-state index contributed by atoms with van der Waals surface area (Å²) >= 11 is 0. The van der Waals surface area contributed by atoms with E-state index in [1.165, 1.54) is 42.8 Å². The van der Waals surface area contributed by atoms with E-state index in [2.05, 4.69) is 10.0 Å². The van der Waals surface area contributed by atoms with Gasteiger partial charge in [-0.25, -0.2) is 17.5 Å². The quantitative estimate of drug-likeness (QED) is 0.794. The fourth-order valence-corrected chi connectivity index (χ4v) is 4.25. The number of carbonyl (C=O) groups excluding carboxylic acids is 1. The van der Waals surface area contributed by atoms with Crippen LogP contribution in [0.4, 0.5) is 4.39 Å². The number of sulfonamides is 1. The topological polar surface area (TPSA) is 75.3 Å². The molecule has 0 radical (unpaired) electrons.